The molecule has 27 heavy (non-hydrogen) atoms. The van der Waals surface area contributed by atoms with E-state index in [4.69, 9.17) is 4.74 Å². The Balaban J connectivity index is 2.46. The number of carbonyl (C=O) groups is 1. The van der Waals surface area contributed by atoms with Crippen molar-refractivity contribution in [3.63, 3.8) is 0 Å². The Hall–Kier alpha value is -2.25. The minimum Gasteiger partial charge on any atom is -0.444 e. The number of hydrogen-bond donors (Lipinski definition) is 2. The van der Waals surface area contributed by atoms with Gasteiger partial charge in [-0.15, -0.1) is 0 Å². The number of hydrogen-bond acceptors (Lipinski definition) is 4. The van der Waals surface area contributed by atoms with Crippen LogP contribution in [0.25, 0.3) is 0 Å². The van der Waals surface area contributed by atoms with Gasteiger partial charge in [0.2, 0.25) is 0 Å². The smallest absolute Gasteiger partial charge is 0.407 e. The van der Waals surface area contributed by atoms with E-state index < -0.39 is 5.60 Å². The summed E-state index contributed by atoms with van der Waals surface area (Å²) in [6.07, 6.45) is 4.13. The third-order valence-corrected chi connectivity index (χ3v) is 4.04. The van der Waals surface area contributed by atoms with Crippen LogP contribution in [0.2, 0.25) is 0 Å². The number of nitrogens with one attached hydrogen (secondary N) is 2. The summed E-state index contributed by atoms with van der Waals surface area (Å²) in [6, 6.07) is 1.94. The molecular formula is C19H36N6O2. The van der Waals surface area contributed by atoms with Crippen molar-refractivity contribution in [3.8, 4) is 0 Å². The molecule has 0 saturated heterocycles. The SMILES string of the molecule is CN=C(NCCn1cccn1)N(C)CCC(NC(=O)OC(C)(C)C)C(C)C. The van der Waals surface area contributed by atoms with Crippen LogP contribution in [0.3, 0.4) is 0 Å². The summed E-state index contributed by atoms with van der Waals surface area (Å²) in [5.74, 6) is 1.13. The van der Waals surface area contributed by atoms with Crippen molar-refractivity contribution in [2.45, 2.75) is 59.2 Å². The Morgan fingerprint density at radius 1 is 1.37 bits per heavy atom. The molecule has 0 aromatic carbocycles. The van der Waals surface area contributed by atoms with Crippen molar-refractivity contribution in [1.82, 2.24) is 25.3 Å². The van der Waals surface area contributed by atoms with Crippen molar-refractivity contribution in [3.05, 3.63) is 18.5 Å². The number of alkyl carbamates (subject to hydrolysis) is 1. The molecule has 0 bridgehead atoms. The van der Waals surface area contributed by atoms with E-state index >= 15 is 0 Å². The second-order valence-corrected chi connectivity index (χ2v) is 7.95. The zero-order valence-corrected chi connectivity index (χ0v) is 17.8. The molecule has 0 spiro atoms. The number of ether oxygens (including phenoxy) is 1. The molecule has 1 aromatic heterocycles. The summed E-state index contributed by atoms with van der Waals surface area (Å²) in [7, 11) is 3.76. The number of guanidine groups is 1. The van der Waals surface area contributed by atoms with Crippen LogP contribution >= 0.6 is 0 Å². The maximum atomic E-state index is 12.1. The molecule has 8 nitrogen and oxygen atoms in total. The second-order valence-electron chi connectivity index (χ2n) is 7.95. The predicted molar refractivity (Wildman–Crippen MR) is 109 cm³/mol. The molecule has 0 aliphatic carbocycles. The molecule has 1 unspecified atom stereocenters. The predicted octanol–water partition coefficient (Wildman–Crippen LogP) is 2.33. The van der Waals surface area contributed by atoms with Gasteiger partial charge in [0, 0.05) is 45.6 Å². The lowest BCUT2D eigenvalue weighted by Gasteiger charge is -2.28. The van der Waals surface area contributed by atoms with Crippen molar-refractivity contribution < 1.29 is 9.53 Å². The van der Waals surface area contributed by atoms with Crippen LogP contribution in [0.5, 0.6) is 0 Å². The first kappa shape index (κ1) is 22.8. The maximum Gasteiger partial charge on any atom is 0.407 e. The number of rotatable bonds is 8. The van der Waals surface area contributed by atoms with E-state index in [-0.39, 0.29) is 12.1 Å². The van der Waals surface area contributed by atoms with Crippen molar-refractivity contribution in [2.75, 3.05) is 27.2 Å². The topological polar surface area (TPSA) is 83.8 Å². The van der Waals surface area contributed by atoms with Crippen LogP contribution in [0.15, 0.2) is 23.5 Å². The van der Waals surface area contributed by atoms with Gasteiger partial charge in [-0.1, -0.05) is 13.8 Å². The minimum atomic E-state index is -0.497. The number of nitrogens with zero attached hydrogens (tertiary/aromatic N) is 4. The lowest BCUT2D eigenvalue weighted by atomic mass is 10.0. The molecular weight excluding hydrogens is 344 g/mol. The van der Waals surface area contributed by atoms with Gasteiger partial charge in [-0.3, -0.25) is 9.67 Å². The molecule has 154 valence electrons. The van der Waals surface area contributed by atoms with Gasteiger partial charge >= 0.3 is 6.09 Å². The van der Waals surface area contributed by atoms with Crippen LogP contribution in [0.4, 0.5) is 4.79 Å². The van der Waals surface area contributed by atoms with Gasteiger partial charge in [-0.25, -0.2) is 4.79 Å². The first-order valence-corrected chi connectivity index (χ1v) is 9.51. The first-order valence-electron chi connectivity index (χ1n) is 9.51. The van der Waals surface area contributed by atoms with Crippen LogP contribution in [-0.2, 0) is 11.3 Å². The highest BCUT2D eigenvalue weighted by atomic mass is 16.6. The van der Waals surface area contributed by atoms with E-state index in [2.05, 4.69) is 39.5 Å². The molecule has 1 atom stereocenters. The molecule has 0 fully saturated rings. The molecule has 0 aliphatic rings. The highest BCUT2D eigenvalue weighted by molar-refractivity contribution is 5.79. The molecule has 1 rings (SSSR count). The molecule has 0 aliphatic heterocycles. The number of aliphatic imine (C=N–C) groups is 1. The average Bonchev–Trinajstić information content (AvgIpc) is 3.06. The Morgan fingerprint density at radius 3 is 2.59 bits per heavy atom. The van der Waals surface area contributed by atoms with Gasteiger partial charge in [0.1, 0.15) is 5.60 Å². The Morgan fingerprint density at radius 2 is 2.07 bits per heavy atom. The summed E-state index contributed by atoms with van der Waals surface area (Å²) in [6.45, 7) is 12.1. The maximum absolute atomic E-state index is 12.1. The van der Waals surface area contributed by atoms with Gasteiger partial charge in [0.25, 0.3) is 0 Å². The minimum absolute atomic E-state index is 0.0319. The van der Waals surface area contributed by atoms with Crippen molar-refractivity contribution in [2.24, 2.45) is 10.9 Å². The highest BCUT2D eigenvalue weighted by Gasteiger charge is 2.22. The highest BCUT2D eigenvalue weighted by Crippen LogP contribution is 2.11. The van der Waals surface area contributed by atoms with E-state index in [1.165, 1.54) is 0 Å². The molecule has 1 amide bonds. The van der Waals surface area contributed by atoms with E-state index in [1.807, 2.05) is 44.8 Å². The summed E-state index contributed by atoms with van der Waals surface area (Å²) in [5.41, 5.74) is -0.497. The van der Waals surface area contributed by atoms with Crippen LogP contribution in [0.1, 0.15) is 41.0 Å². The van der Waals surface area contributed by atoms with Crippen molar-refractivity contribution >= 4 is 12.1 Å². The van der Waals surface area contributed by atoms with Gasteiger partial charge in [0.15, 0.2) is 5.96 Å². The van der Waals surface area contributed by atoms with Gasteiger partial charge in [-0.05, 0) is 39.2 Å². The zero-order chi connectivity index (χ0) is 20.4. The van der Waals surface area contributed by atoms with E-state index in [9.17, 15) is 4.79 Å². The summed E-state index contributed by atoms with van der Waals surface area (Å²) in [4.78, 5) is 18.5. The number of amides is 1. The van der Waals surface area contributed by atoms with Gasteiger partial charge in [0.05, 0.1) is 6.54 Å². The standard InChI is InChI=1S/C19H36N6O2/c1-15(2)16(23-18(26)27-19(3,4)5)9-13-24(7)17(20-6)21-11-14-25-12-8-10-22-25/h8,10,12,15-16H,9,11,13-14H2,1-7H3,(H,20,21)(H,23,26). The molecule has 1 aromatic rings. The Bertz CT molecular complexity index is 578. The van der Waals surface area contributed by atoms with E-state index in [1.54, 1.807) is 13.2 Å². The van der Waals surface area contributed by atoms with E-state index in [0.29, 0.717) is 5.92 Å². The van der Waals surface area contributed by atoms with Crippen LogP contribution < -0.4 is 10.6 Å². The summed E-state index contributed by atoms with van der Waals surface area (Å²) < 4.78 is 7.25. The number of aromatic nitrogens is 2. The molecule has 0 saturated carbocycles. The normalized spacial score (nSPS) is 13.4. The lowest BCUT2D eigenvalue weighted by molar-refractivity contribution is 0.0486. The molecule has 2 N–H and O–H groups in total. The summed E-state index contributed by atoms with van der Waals surface area (Å²) >= 11 is 0. The summed E-state index contributed by atoms with van der Waals surface area (Å²) in [5, 5.41) is 10.5. The molecule has 8 heteroatoms. The zero-order valence-electron chi connectivity index (χ0n) is 17.8. The van der Waals surface area contributed by atoms with Crippen molar-refractivity contribution in [1.29, 1.82) is 0 Å². The van der Waals surface area contributed by atoms with E-state index in [0.717, 1.165) is 32.0 Å². The Kier molecular flexibility index (Phi) is 9.11. The second kappa shape index (κ2) is 10.8. The van der Waals surface area contributed by atoms with Gasteiger partial charge in [-0.2, -0.15) is 5.10 Å². The van der Waals surface area contributed by atoms with Gasteiger partial charge < -0.3 is 20.3 Å². The molecule has 1 heterocycles. The molecule has 0 radical (unpaired) electrons. The fraction of sp³-hybridized carbons (Fsp3) is 0.737. The fourth-order valence-electron chi connectivity index (χ4n) is 2.57. The first-order chi connectivity index (χ1) is 12.6. The third-order valence-electron chi connectivity index (χ3n) is 4.04. The van der Waals surface area contributed by atoms with Crippen LogP contribution in [0, 0.1) is 5.92 Å². The van der Waals surface area contributed by atoms with Crippen LogP contribution in [-0.4, -0.2) is 65.6 Å². The number of carbonyl (C=O) groups excluding carboxylic acids is 1. The Labute approximate surface area is 163 Å². The third kappa shape index (κ3) is 9.30. The monoisotopic (exact) mass is 380 g/mol. The lowest BCUT2D eigenvalue weighted by Crippen LogP contribution is -2.45. The average molecular weight is 381 g/mol. The fourth-order valence-corrected chi connectivity index (χ4v) is 2.57. The quantitative estimate of drug-likeness (QED) is 0.534. The largest absolute Gasteiger partial charge is 0.444 e.